The van der Waals surface area contributed by atoms with E-state index in [1.165, 1.54) is 0 Å². The Kier molecular flexibility index (Phi) is 5.37. The molecule has 0 saturated heterocycles. The number of hydrogen-bond acceptors (Lipinski definition) is 4. The lowest BCUT2D eigenvalue weighted by Gasteiger charge is -2.25. The van der Waals surface area contributed by atoms with Gasteiger partial charge in [0.15, 0.2) is 5.69 Å². The van der Waals surface area contributed by atoms with Crippen LogP contribution < -0.4 is 5.73 Å². The quantitative estimate of drug-likeness (QED) is 0.816. The second-order valence-corrected chi connectivity index (χ2v) is 4.71. The molecule has 0 aromatic carbocycles. The van der Waals surface area contributed by atoms with E-state index in [0.29, 0.717) is 18.7 Å². The van der Waals surface area contributed by atoms with Gasteiger partial charge in [0.05, 0.1) is 23.9 Å². The third-order valence-corrected chi connectivity index (χ3v) is 2.93. The molecule has 1 aromatic rings. The van der Waals surface area contributed by atoms with Gasteiger partial charge in [0.2, 0.25) is 0 Å². The van der Waals surface area contributed by atoms with Crippen molar-refractivity contribution in [2.45, 2.75) is 46.1 Å². The summed E-state index contributed by atoms with van der Waals surface area (Å²) in [6.45, 7) is 6.24. The van der Waals surface area contributed by atoms with Crippen LogP contribution in [0.3, 0.4) is 0 Å². The Morgan fingerprint density at radius 1 is 1.58 bits per heavy atom. The van der Waals surface area contributed by atoms with E-state index in [-0.39, 0.29) is 17.6 Å². The molecule has 0 aliphatic carbocycles. The van der Waals surface area contributed by atoms with Crippen LogP contribution in [0.15, 0.2) is 0 Å². The smallest absolute Gasteiger partial charge is 0.276 e. The average Bonchev–Trinajstić information content (AvgIpc) is 2.71. The number of carbonyl (C=O) groups excluding carboxylic acids is 1. The Morgan fingerprint density at radius 2 is 2.26 bits per heavy atom. The number of amides is 1. The number of nitriles is 1. The highest BCUT2D eigenvalue weighted by atomic mass is 16.2. The molecule has 0 fully saturated rings. The Morgan fingerprint density at radius 3 is 2.79 bits per heavy atom. The number of nitrogens with two attached hydrogens (primary N) is 1. The number of nitrogens with one attached hydrogen (secondary N) is 1. The van der Waals surface area contributed by atoms with Gasteiger partial charge in [0, 0.05) is 12.6 Å². The van der Waals surface area contributed by atoms with E-state index in [1.807, 2.05) is 26.8 Å². The summed E-state index contributed by atoms with van der Waals surface area (Å²) in [6.07, 6.45) is 2.00. The molecule has 1 heterocycles. The molecular weight excluding hydrogens is 242 g/mol. The minimum Gasteiger partial charge on any atom is -0.395 e. The lowest BCUT2D eigenvalue weighted by Crippen LogP contribution is -2.38. The van der Waals surface area contributed by atoms with E-state index in [9.17, 15) is 4.79 Å². The number of nitrogen functional groups attached to an aromatic ring is 1. The second-order valence-electron chi connectivity index (χ2n) is 4.71. The van der Waals surface area contributed by atoms with Crippen molar-refractivity contribution in [2.75, 3.05) is 12.3 Å². The van der Waals surface area contributed by atoms with Gasteiger partial charge >= 0.3 is 0 Å². The molecular formula is C13H21N5O. The van der Waals surface area contributed by atoms with Gasteiger partial charge in [-0.05, 0) is 20.3 Å². The summed E-state index contributed by atoms with van der Waals surface area (Å²) in [4.78, 5) is 14.0. The molecule has 0 unspecified atom stereocenters. The molecule has 0 bridgehead atoms. The summed E-state index contributed by atoms with van der Waals surface area (Å²) in [5, 5.41) is 15.5. The first-order valence-electron chi connectivity index (χ1n) is 6.53. The number of nitrogens with zero attached hydrogens (tertiary/aromatic N) is 3. The summed E-state index contributed by atoms with van der Waals surface area (Å²) in [5.74, 6) is -0.221. The van der Waals surface area contributed by atoms with Crippen LogP contribution in [0, 0.1) is 11.3 Å². The Labute approximate surface area is 113 Å². The number of carbonyl (C=O) groups is 1. The summed E-state index contributed by atoms with van der Waals surface area (Å²) in [7, 11) is 0. The molecule has 3 N–H and O–H groups in total. The van der Waals surface area contributed by atoms with Crippen molar-refractivity contribution in [3.8, 4) is 6.07 Å². The van der Waals surface area contributed by atoms with Crippen molar-refractivity contribution < 1.29 is 4.79 Å². The van der Waals surface area contributed by atoms with E-state index in [2.05, 4.69) is 10.2 Å². The number of aryl methyl sites for hydroxylation is 1. The zero-order chi connectivity index (χ0) is 14.4. The van der Waals surface area contributed by atoms with E-state index >= 15 is 0 Å². The predicted molar refractivity (Wildman–Crippen MR) is 73.4 cm³/mol. The summed E-state index contributed by atoms with van der Waals surface area (Å²) < 4.78 is 0. The van der Waals surface area contributed by atoms with Crippen LogP contribution in [-0.4, -0.2) is 33.6 Å². The van der Waals surface area contributed by atoms with E-state index in [0.717, 1.165) is 18.5 Å². The van der Waals surface area contributed by atoms with E-state index in [1.54, 1.807) is 4.90 Å². The molecule has 0 spiro atoms. The third kappa shape index (κ3) is 3.47. The Bertz CT molecular complexity index is 472. The summed E-state index contributed by atoms with van der Waals surface area (Å²) in [6, 6.07) is 2.05. The maximum absolute atomic E-state index is 12.4. The highest BCUT2D eigenvalue weighted by Gasteiger charge is 2.24. The monoisotopic (exact) mass is 263 g/mol. The van der Waals surface area contributed by atoms with Gasteiger partial charge in [0.1, 0.15) is 0 Å². The number of H-pyrrole nitrogens is 1. The predicted octanol–water partition coefficient (Wildman–Crippen LogP) is 1.71. The van der Waals surface area contributed by atoms with Gasteiger partial charge in [-0.25, -0.2) is 0 Å². The molecule has 0 atom stereocenters. The minimum atomic E-state index is -0.221. The molecule has 104 valence electrons. The van der Waals surface area contributed by atoms with E-state index < -0.39 is 0 Å². The minimum absolute atomic E-state index is 0.00609. The summed E-state index contributed by atoms with van der Waals surface area (Å²) >= 11 is 0. The molecule has 1 amide bonds. The fraction of sp³-hybridized carbons (Fsp3) is 0.615. The first kappa shape index (κ1) is 15.0. The molecule has 6 heteroatoms. The van der Waals surface area contributed by atoms with Gasteiger partial charge in [-0.2, -0.15) is 10.4 Å². The molecule has 6 nitrogen and oxygen atoms in total. The Balaban J connectivity index is 2.94. The number of anilines is 1. The van der Waals surface area contributed by atoms with Gasteiger partial charge in [-0.15, -0.1) is 0 Å². The molecule has 0 aliphatic heterocycles. The molecule has 1 aromatic heterocycles. The lowest BCUT2D eigenvalue weighted by molar-refractivity contribution is 0.0705. The van der Waals surface area contributed by atoms with Gasteiger partial charge in [0.25, 0.3) is 5.91 Å². The van der Waals surface area contributed by atoms with E-state index in [4.69, 9.17) is 11.0 Å². The largest absolute Gasteiger partial charge is 0.395 e. The van der Waals surface area contributed by atoms with Crippen molar-refractivity contribution in [1.29, 1.82) is 5.26 Å². The fourth-order valence-corrected chi connectivity index (χ4v) is 1.89. The number of hydrogen-bond donors (Lipinski definition) is 2. The lowest BCUT2D eigenvalue weighted by atomic mass is 10.2. The average molecular weight is 263 g/mol. The molecule has 0 aliphatic rings. The number of aromatic nitrogens is 2. The van der Waals surface area contributed by atoms with Crippen LogP contribution >= 0.6 is 0 Å². The standard InChI is InChI=1S/C13H21N5O/c1-4-6-10-11(15)12(17-16-10)13(19)18(9(2)3)8-5-7-14/h9H,4-6,8,15H2,1-3H3,(H,16,17). The Hall–Kier alpha value is -2.03. The normalized spacial score (nSPS) is 10.5. The van der Waals surface area contributed by atoms with Crippen LogP contribution in [0.1, 0.15) is 49.8 Å². The van der Waals surface area contributed by atoms with Gasteiger partial charge in [-0.1, -0.05) is 13.3 Å². The van der Waals surface area contributed by atoms with Crippen LogP contribution in [0.5, 0.6) is 0 Å². The molecule has 1 rings (SSSR count). The van der Waals surface area contributed by atoms with Crippen molar-refractivity contribution in [1.82, 2.24) is 15.1 Å². The fourth-order valence-electron chi connectivity index (χ4n) is 1.89. The zero-order valence-corrected chi connectivity index (χ0v) is 11.7. The topological polar surface area (TPSA) is 98.8 Å². The maximum atomic E-state index is 12.4. The van der Waals surface area contributed by atoms with Crippen LogP contribution in [-0.2, 0) is 6.42 Å². The molecule has 0 saturated carbocycles. The second kappa shape index (κ2) is 6.78. The molecule has 0 radical (unpaired) electrons. The SMILES string of the molecule is CCCc1[nH]nc(C(=O)N(CCC#N)C(C)C)c1N. The van der Waals surface area contributed by atoms with Crippen LogP contribution in [0.2, 0.25) is 0 Å². The van der Waals surface area contributed by atoms with Crippen molar-refractivity contribution in [3.63, 3.8) is 0 Å². The number of aromatic amines is 1. The third-order valence-electron chi connectivity index (χ3n) is 2.93. The van der Waals surface area contributed by atoms with Crippen LogP contribution in [0.25, 0.3) is 0 Å². The summed E-state index contributed by atoms with van der Waals surface area (Å²) in [5.41, 5.74) is 7.44. The first-order chi connectivity index (χ1) is 9.02. The first-order valence-corrected chi connectivity index (χ1v) is 6.53. The number of rotatable bonds is 6. The van der Waals surface area contributed by atoms with Gasteiger partial charge in [-0.3, -0.25) is 9.89 Å². The van der Waals surface area contributed by atoms with Crippen molar-refractivity contribution >= 4 is 11.6 Å². The van der Waals surface area contributed by atoms with Crippen molar-refractivity contribution in [3.05, 3.63) is 11.4 Å². The highest BCUT2D eigenvalue weighted by Crippen LogP contribution is 2.18. The van der Waals surface area contributed by atoms with Crippen molar-refractivity contribution in [2.24, 2.45) is 0 Å². The van der Waals surface area contributed by atoms with Gasteiger partial charge < -0.3 is 10.6 Å². The highest BCUT2D eigenvalue weighted by molar-refractivity contribution is 5.97. The molecule has 19 heavy (non-hydrogen) atoms. The maximum Gasteiger partial charge on any atom is 0.276 e. The zero-order valence-electron chi connectivity index (χ0n) is 11.7. The van der Waals surface area contributed by atoms with Crippen LogP contribution in [0.4, 0.5) is 5.69 Å².